The molecule has 0 heterocycles. The van der Waals surface area contributed by atoms with Crippen LogP contribution in [0.1, 0.15) is 12.5 Å². The smallest absolute Gasteiger partial charge is 0.269 e. The van der Waals surface area contributed by atoms with Gasteiger partial charge in [0, 0.05) is 24.7 Å². The van der Waals surface area contributed by atoms with E-state index in [1.54, 1.807) is 12.1 Å². The molecule has 0 aliphatic carbocycles. The standard InChI is InChI=1S/C11H17N3O2/c1-9(8-12)13-7-6-10-2-4-11(5-3-10)14(15)16/h2-5,9,13H,6-8,12H2,1H3. The molecule has 1 aromatic carbocycles. The van der Waals surface area contributed by atoms with Crippen LogP contribution in [0.3, 0.4) is 0 Å². The number of non-ortho nitro benzene ring substituents is 1. The summed E-state index contributed by atoms with van der Waals surface area (Å²) in [4.78, 5) is 10.0. The van der Waals surface area contributed by atoms with Crippen molar-refractivity contribution in [3.05, 3.63) is 39.9 Å². The summed E-state index contributed by atoms with van der Waals surface area (Å²) < 4.78 is 0. The van der Waals surface area contributed by atoms with Crippen molar-refractivity contribution in [2.24, 2.45) is 5.73 Å². The van der Waals surface area contributed by atoms with Crippen LogP contribution in [0, 0.1) is 10.1 Å². The fraction of sp³-hybridized carbons (Fsp3) is 0.455. The van der Waals surface area contributed by atoms with Crippen molar-refractivity contribution in [1.82, 2.24) is 5.32 Å². The number of rotatable bonds is 6. The van der Waals surface area contributed by atoms with E-state index in [1.807, 2.05) is 6.92 Å². The molecule has 1 unspecified atom stereocenters. The summed E-state index contributed by atoms with van der Waals surface area (Å²) in [5.74, 6) is 0. The van der Waals surface area contributed by atoms with Crippen LogP contribution in [0.15, 0.2) is 24.3 Å². The van der Waals surface area contributed by atoms with Crippen molar-refractivity contribution in [2.45, 2.75) is 19.4 Å². The molecule has 0 amide bonds. The Balaban J connectivity index is 2.40. The van der Waals surface area contributed by atoms with Crippen molar-refractivity contribution in [3.63, 3.8) is 0 Å². The van der Waals surface area contributed by atoms with E-state index in [1.165, 1.54) is 12.1 Å². The van der Waals surface area contributed by atoms with Crippen LogP contribution >= 0.6 is 0 Å². The third-order valence-corrected chi connectivity index (χ3v) is 2.41. The molecule has 16 heavy (non-hydrogen) atoms. The summed E-state index contributed by atoms with van der Waals surface area (Å²) in [7, 11) is 0. The van der Waals surface area contributed by atoms with Gasteiger partial charge in [0.25, 0.3) is 5.69 Å². The molecule has 0 aromatic heterocycles. The number of nitrogens with two attached hydrogens (primary N) is 1. The van der Waals surface area contributed by atoms with Crippen molar-refractivity contribution in [1.29, 1.82) is 0 Å². The first-order valence-electron chi connectivity index (χ1n) is 5.30. The molecule has 0 radical (unpaired) electrons. The van der Waals surface area contributed by atoms with E-state index in [2.05, 4.69) is 5.32 Å². The number of hydrogen-bond acceptors (Lipinski definition) is 4. The van der Waals surface area contributed by atoms with Gasteiger partial charge in [0.1, 0.15) is 0 Å². The van der Waals surface area contributed by atoms with Gasteiger partial charge in [0.15, 0.2) is 0 Å². The molecule has 0 fully saturated rings. The Morgan fingerprint density at radius 2 is 2.06 bits per heavy atom. The molecule has 0 aliphatic rings. The molecule has 88 valence electrons. The lowest BCUT2D eigenvalue weighted by Crippen LogP contribution is -2.34. The second kappa shape index (κ2) is 6.19. The Hall–Kier alpha value is -1.46. The van der Waals surface area contributed by atoms with E-state index in [4.69, 9.17) is 5.73 Å². The van der Waals surface area contributed by atoms with Crippen LogP contribution in [0.5, 0.6) is 0 Å². The van der Waals surface area contributed by atoms with E-state index in [0.717, 1.165) is 18.5 Å². The number of nitrogens with zero attached hydrogens (tertiary/aromatic N) is 1. The molecule has 0 spiro atoms. The summed E-state index contributed by atoms with van der Waals surface area (Å²) in [5.41, 5.74) is 6.68. The van der Waals surface area contributed by atoms with E-state index in [9.17, 15) is 10.1 Å². The zero-order valence-electron chi connectivity index (χ0n) is 9.35. The topological polar surface area (TPSA) is 81.2 Å². The summed E-state index contributed by atoms with van der Waals surface area (Å²) in [5, 5.41) is 13.7. The maximum Gasteiger partial charge on any atom is 0.269 e. The zero-order chi connectivity index (χ0) is 12.0. The molecule has 3 N–H and O–H groups in total. The van der Waals surface area contributed by atoms with Gasteiger partial charge in [-0.3, -0.25) is 10.1 Å². The highest BCUT2D eigenvalue weighted by Gasteiger charge is 2.03. The average molecular weight is 223 g/mol. The molecule has 0 saturated carbocycles. The van der Waals surface area contributed by atoms with Gasteiger partial charge in [-0.15, -0.1) is 0 Å². The lowest BCUT2D eigenvalue weighted by Gasteiger charge is -2.10. The van der Waals surface area contributed by atoms with Gasteiger partial charge in [-0.1, -0.05) is 12.1 Å². The number of nitro benzene ring substituents is 1. The maximum absolute atomic E-state index is 10.4. The zero-order valence-corrected chi connectivity index (χ0v) is 9.35. The van der Waals surface area contributed by atoms with Crippen LogP contribution in [0.25, 0.3) is 0 Å². The molecule has 1 rings (SSSR count). The van der Waals surface area contributed by atoms with Crippen molar-refractivity contribution in [2.75, 3.05) is 13.1 Å². The Morgan fingerprint density at radius 1 is 1.44 bits per heavy atom. The average Bonchev–Trinajstić information content (AvgIpc) is 2.29. The SMILES string of the molecule is CC(CN)NCCc1ccc([N+](=O)[O-])cc1. The molecule has 5 nitrogen and oxygen atoms in total. The predicted octanol–water partition coefficient (Wildman–Crippen LogP) is 1.07. The minimum atomic E-state index is -0.390. The second-order valence-electron chi connectivity index (χ2n) is 3.76. The summed E-state index contributed by atoms with van der Waals surface area (Å²) in [6.45, 7) is 3.46. The molecule has 1 atom stereocenters. The van der Waals surface area contributed by atoms with Gasteiger partial charge in [-0.2, -0.15) is 0 Å². The van der Waals surface area contributed by atoms with Gasteiger partial charge < -0.3 is 11.1 Å². The quantitative estimate of drug-likeness (QED) is 0.558. The third kappa shape index (κ3) is 3.96. The number of nitro groups is 1. The Morgan fingerprint density at radius 3 is 2.56 bits per heavy atom. The van der Waals surface area contributed by atoms with Crippen LogP contribution in [-0.4, -0.2) is 24.1 Å². The third-order valence-electron chi connectivity index (χ3n) is 2.41. The van der Waals surface area contributed by atoms with E-state index < -0.39 is 4.92 Å². The Labute approximate surface area is 94.8 Å². The summed E-state index contributed by atoms with van der Waals surface area (Å²) in [6, 6.07) is 6.93. The molecule has 1 aromatic rings. The monoisotopic (exact) mass is 223 g/mol. The Kier molecular flexibility index (Phi) is 4.88. The van der Waals surface area contributed by atoms with Gasteiger partial charge in [-0.05, 0) is 25.5 Å². The minimum Gasteiger partial charge on any atom is -0.329 e. The molecule has 0 bridgehead atoms. The second-order valence-corrected chi connectivity index (χ2v) is 3.76. The first kappa shape index (κ1) is 12.6. The fourth-order valence-corrected chi connectivity index (χ4v) is 1.33. The van der Waals surface area contributed by atoms with Crippen LogP contribution in [0.4, 0.5) is 5.69 Å². The van der Waals surface area contributed by atoms with Gasteiger partial charge in [-0.25, -0.2) is 0 Å². The largest absolute Gasteiger partial charge is 0.329 e. The van der Waals surface area contributed by atoms with Crippen LogP contribution < -0.4 is 11.1 Å². The normalized spacial score (nSPS) is 12.4. The van der Waals surface area contributed by atoms with E-state index in [0.29, 0.717) is 12.6 Å². The summed E-state index contributed by atoms with van der Waals surface area (Å²) >= 11 is 0. The summed E-state index contributed by atoms with van der Waals surface area (Å²) in [6.07, 6.45) is 0.850. The van der Waals surface area contributed by atoms with Gasteiger partial charge in [0.2, 0.25) is 0 Å². The first-order valence-corrected chi connectivity index (χ1v) is 5.30. The van der Waals surface area contributed by atoms with Gasteiger partial charge in [0.05, 0.1) is 4.92 Å². The molecular formula is C11H17N3O2. The molecule has 0 saturated heterocycles. The van der Waals surface area contributed by atoms with E-state index >= 15 is 0 Å². The number of benzene rings is 1. The number of hydrogen-bond donors (Lipinski definition) is 2. The van der Waals surface area contributed by atoms with E-state index in [-0.39, 0.29) is 5.69 Å². The Bertz CT molecular complexity index is 338. The lowest BCUT2D eigenvalue weighted by molar-refractivity contribution is -0.384. The number of nitrogens with one attached hydrogen (secondary N) is 1. The minimum absolute atomic E-state index is 0.132. The molecule has 5 heteroatoms. The predicted molar refractivity (Wildman–Crippen MR) is 63.3 cm³/mol. The van der Waals surface area contributed by atoms with Gasteiger partial charge >= 0.3 is 0 Å². The maximum atomic E-state index is 10.4. The molecular weight excluding hydrogens is 206 g/mol. The highest BCUT2D eigenvalue weighted by Crippen LogP contribution is 2.11. The lowest BCUT2D eigenvalue weighted by atomic mass is 10.1. The highest BCUT2D eigenvalue weighted by atomic mass is 16.6. The fourth-order valence-electron chi connectivity index (χ4n) is 1.33. The van der Waals surface area contributed by atoms with Crippen molar-refractivity contribution >= 4 is 5.69 Å². The molecule has 0 aliphatic heterocycles. The van der Waals surface area contributed by atoms with Crippen molar-refractivity contribution in [3.8, 4) is 0 Å². The van der Waals surface area contributed by atoms with Crippen molar-refractivity contribution < 1.29 is 4.92 Å². The van der Waals surface area contributed by atoms with Crippen LogP contribution in [-0.2, 0) is 6.42 Å². The first-order chi connectivity index (χ1) is 7.63. The van der Waals surface area contributed by atoms with Crippen LogP contribution in [0.2, 0.25) is 0 Å². The highest BCUT2D eigenvalue weighted by molar-refractivity contribution is 5.32.